The van der Waals surface area contributed by atoms with Crippen molar-refractivity contribution in [2.24, 2.45) is 0 Å². The lowest BCUT2D eigenvalue weighted by atomic mass is 10.2. The highest BCUT2D eigenvalue weighted by Crippen LogP contribution is 2.25. The average molecular weight is 275 g/mol. The Bertz CT molecular complexity index is 601. The third-order valence-electron chi connectivity index (χ3n) is 3.11. The smallest absolute Gasteiger partial charge is 0.329 e. The minimum Gasteiger partial charge on any atom is -0.494 e. The highest BCUT2D eigenvalue weighted by Gasteiger charge is 2.19. The molecule has 0 bridgehead atoms. The Kier molecular flexibility index (Phi) is 4.32. The summed E-state index contributed by atoms with van der Waals surface area (Å²) in [4.78, 5) is 12.0. The van der Waals surface area contributed by atoms with Crippen molar-refractivity contribution in [1.82, 2.24) is 4.57 Å². The van der Waals surface area contributed by atoms with Crippen molar-refractivity contribution < 1.29 is 14.3 Å². The van der Waals surface area contributed by atoms with Crippen LogP contribution in [0, 0.1) is 0 Å². The van der Waals surface area contributed by atoms with Crippen LogP contribution in [0.2, 0.25) is 0 Å². The molecule has 0 saturated heterocycles. The van der Waals surface area contributed by atoms with E-state index in [9.17, 15) is 4.79 Å². The quantitative estimate of drug-likeness (QED) is 0.783. The van der Waals surface area contributed by atoms with E-state index in [2.05, 4.69) is 0 Å². The Labute approximate surface area is 119 Å². The van der Waals surface area contributed by atoms with Gasteiger partial charge in [-0.15, -0.1) is 0 Å². The maximum atomic E-state index is 12.0. The molecule has 0 radical (unpaired) electrons. The second-order valence-electron chi connectivity index (χ2n) is 5.04. The minimum absolute atomic E-state index is 0.101. The van der Waals surface area contributed by atoms with E-state index in [1.54, 1.807) is 0 Å². The maximum Gasteiger partial charge on any atom is 0.329 e. The second kappa shape index (κ2) is 5.99. The molecule has 20 heavy (non-hydrogen) atoms. The van der Waals surface area contributed by atoms with Crippen LogP contribution in [-0.2, 0) is 9.53 Å². The number of ether oxygens (including phenoxy) is 2. The largest absolute Gasteiger partial charge is 0.494 e. The Morgan fingerprint density at radius 2 is 2.00 bits per heavy atom. The Morgan fingerprint density at radius 1 is 1.25 bits per heavy atom. The van der Waals surface area contributed by atoms with Gasteiger partial charge in [0, 0.05) is 17.1 Å². The third kappa shape index (κ3) is 2.95. The van der Waals surface area contributed by atoms with Crippen LogP contribution in [0.3, 0.4) is 0 Å². The summed E-state index contributed by atoms with van der Waals surface area (Å²) < 4.78 is 12.7. The zero-order valence-corrected chi connectivity index (χ0v) is 12.4. The van der Waals surface area contributed by atoms with E-state index < -0.39 is 0 Å². The van der Waals surface area contributed by atoms with E-state index in [1.165, 1.54) is 0 Å². The zero-order valence-electron chi connectivity index (χ0n) is 12.4. The van der Waals surface area contributed by atoms with Gasteiger partial charge in [-0.05, 0) is 52.0 Å². The molecule has 1 unspecified atom stereocenters. The normalized spacial score (nSPS) is 12.7. The highest BCUT2D eigenvalue weighted by molar-refractivity contribution is 5.84. The van der Waals surface area contributed by atoms with Crippen molar-refractivity contribution in [2.45, 2.75) is 39.8 Å². The topological polar surface area (TPSA) is 40.5 Å². The van der Waals surface area contributed by atoms with E-state index in [4.69, 9.17) is 9.47 Å². The summed E-state index contributed by atoms with van der Waals surface area (Å²) in [5, 5.41) is 1.06. The van der Waals surface area contributed by atoms with Gasteiger partial charge in [0.15, 0.2) is 0 Å². The molecule has 2 rings (SSSR count). The summed E-state index contributed by atoms with van der Waals surface area (Å²) in [5.41, 5.74) is 1.00. The van der Waals surface area contributed by atoms with E-state index in [0.29, 0.717) is 6.61 Å². The minimum atomic E-state index is -0.340. The van der Waals surface area contributed by atoms with Gasteiger partial charge in [-0.25, -0.2) is 4.79 Å². The summed E-state index contributed by atoms with van der Waals surface area (Å²) >= 11 is 0. The second-order valence-corrected chi connectivity index (χ2v) is 5.04. The van der Waals surface area contributed by atoms with Crippen LogP contribution in [0.1, 0.15) is 33.7 Å². The van der Waals surface area contributed by atoms with Gasteiger partial charge in [-0.3, -0.25) is 0 Å². The molecule has 1 heterocycles. The number of hydrogen-bond acceptors (Lipinski definition) is 3. The van der Waals surface area contributed by atoms with E-state index >= 15 is 0 Å². The summed E-state index contributed by atoms with van der Waals surface area (Å²) in [6, 6.07) is 7.52. The molecule has 0 aliphatic heterocycles. The van der Waals surface area contributed by atoms with E-state index in [1.807, 2.05) is 62.7 Å². The first-order chi connectivity index (χ1) is 9.52. The van der Waals surface area contributed by atoms with Gasteiger partial charge in [-0.1, -0.05) is 0 Å². The molecule has 1 aromatic carbocycles. The fourth-order valence-electron chi connectivity index (χ4n) is 2.18. The van der Waals surface area contributed by atoms with Crippen molar-refractivity contribution >= 4 is 16.9 Å². The number of fused-ring (bicyclic) bond motifs is 1. The molecule has 0 aliphatic rings. The van der Waals surface area contributed by atoms with Crippen LogP contribution in [-0.4, -0.2) is 23.2 Å². The van der Waals surface area contributed by atoms with Gasteiger partial charge in [0.1, 0.15) is 11.8 Å². The van der Waals surface area contributed by atoms with Gasteiger partial charge in [-0.2, -0.15) is 0 Å². The number of carbonyl (C=O) groups excluding carboxylic acids is 1. The molecule has 0 amide bonds. The Morgan fingerprint density at radius 3 is 2.65 bits per heavy atom. The number of esters is 1. The molecule has 4 heteroatoms. The number of aromatic nitrogens is 1. The van der Waals surface area contributed by atoms with Gasteiger partial charge in [0.2, 0.25) is 0 Å². The fourth-order valence-corrected chi connectivity index (χ4v) is 2.18. The van der Waals surface area contributed by atoms with Crippen LogP contribution in [0.5, 0.6) is 5.75 Å². The first-order valence-corrected chi connectivity index (χ1v) is 6.96. The third-order valence-corrected chi connectivity index (χ3v) is 3.11. The van der Waals surface area contributed by atoms with Crippen LogP contribution >= 0.6 is 0 Å². The molecule has 0 N–H and O–H groups in total. The van der Waals surface area contributed by atoms with Crippen LogP contribution in [0.25, 0.3) is 10.9 Å². The van der Waals surface area contributed by atoms with Gasteiger partial charge in [0.25, 0.3) is 0 Å². The summed E-state index contributed by atoms with van der Waals surface area (Å²) in [7, 11) is 0. The van der Waals surface area contributed by atoms with Crippen molar-refractivity contribution in [2.75, 3.05) is 6.61 Å². The lowest BCUT2D eigenvalue weighted by Gasteiger charge is -2.16. The average Bonchev–Trinajstić information content (AvgIpc) is 2.80. The lowest BCUT2D eigenvalue weighted by molar-refractivity contribution is -0.150. The van der Waals surface area contributed by atoms with Crippen molar-refractivity contribution in [3.63, 3.8) is 0 Å². The predicted molar refractivity (Wildman–Crippen MR) is 79.0 cm³/mol. The molecule has 108 valence electrons. The molecule has 0 spiro atoms. The molecule has 0 saturated carbocycles. The molecule has 1 aromatic heterocycles. The molecule has 4 nitrogen and oxygen atoms in total. The molecule has 0 fully saturated rings. The predicted octanol–water partition coefficient (Wildman–Crippen LogP) is 3.55. The number of benzene rings is 1. The summed E-state index contributed by atoms with van der Waals surface area (Å²) in [6.07, 6.45) is 1.81. The first kappa shape index (κ1) is 14.4. The molecule has 0 aliphatic carbocycles. The van der Waals surface area contributed by atoms with Crippen molar-refractivity contribution in [3.05, 3.63) is 30.5 Å². The van der Waals surface area contributed by atoms with Gasteiger partial charge >= 0.3 is 5.97 Å². The van der Waals surface area contributed by atoms with Gasteiger partial charge in [0.05, 0.1) is 12.7 Å². The molecular formula is C16H21NO3. The molecule has 2 aromatic rings. The molecule has 1 atom stereocenters. The maximum absolute atomic E-state index is 12.0. The van der Waals surface area contributed by atoms with Crippen LogP contribution < -0.4 is 4.74 Å². The first-order valence-electron chi connectivity index (χ1n) is 6.96. The molecular weight excluding hydrogens is 254 g/mol. The van der Waals surface area contributed by atoms with Gasteiger partial charge < -0.3 is 14.0 Å². The van der Waals surface area contributed by atoms with Crippen LogP contribution in [0.15, 0.2) is 30.5 Å². The number of nitrogens with zero attached hydrogens (tertiary/aromatic N) is 1. The van der Waals surface area contributed by atoms with Crippen molar-refractivity contribution in [1.29, 1.82) is 0 Å². The summed E-state index contributed by atoms with van der Waals surface area (Å²) in [5.74, 6) is 0.626. The standard InChI is InChI=1S/C16H21NO3/c1-5-19-14-6-7-15-13(10-14)8-9-17(15)12(4)16(18)20-11(2)3/h6-12H,5H2,1-4H3. The SMILES string of the molecule is CCOc1ccc2c(ccn2C(C)C(=O)OC(C)C)c1. The number of hydrogen-bond donors (Lipinski definition) is 0. The number of rotatable bonds is 5. The van der Waals surface area contributed by atoms with E-state index in [-0.39, 0.29) is 18.1 Å². The number of carbonyl (C=O) groups is 1. The monoisotopic (exact) mass is 275 g/mol. The fraction of sp³-hybridized carbons (Fsp3) is 0.438. The Balaban J connectivity index is 2.29. The van der Waals surface area contributed by atoms with Crippen LogP contribution in [0.4, 0.5) is 0 Å². The Hall–Kier alpha value is -1.97. The lowest BCUT2D eigenvalue weighted by Crippen LogP contribution is -2.21. The summed E-state index contributed by atoms with van der Waals surface area (Å²) in [6.45, 7) is 8.16. The van der Waals surface area contributed by atoms with Crippen molar-refractivity contribution in [3.8, 4) is 5.75 Å². The van der Waals surface area contributed by atoms with E-state index in [0.717, 1.165) is 16.7 Å². The highest BCUT2D eigenvalue weighted by atomic mass is 16.5. The zero-order chi connectivity index (χ0) is 14.7.